The molecule has 1 aromatic rings. The van der Waals surface area contributed by atoms with Gasteiger partial charge in [-0.25, -0.2) is 9.36 Å². The third-order valence-corrected chi connectivity index (χ3v) is 1.94. The fourth-order valence-corrected chi connectivity index (χ4v) is 1.35. The molecule has 0 saturated heterocycles. The van der Waals surface area contributed by atoms with E-state index in [-0.39, 0.29) is 24.3 Å². The highest BCUT2D eigenvalue weighted by Gasteiger charge is 2.28. The molecule has 0 radical (unpaired) electrons. The van der Waals surface area contributed by atoms with E-state index in [9.17, 15) is 14.9 Å². The number of ether oxygens (including phenoxy) is 1. The molecule has 0 fully saturated rings. The van der Waals surface area contributed by atoms with E-state index in [1.807, 2.05) is 0 Å². The first kappa shape index (κ1) is 12.2. The lowest BCUT2D eigenvalue weighted by Crippen LogP contribution is -2.15. The minimum Gasteiger partial charge on any atom is -0.460 e. The van der Waals surface area contributed by atoms with E-state index < -0.39 is 10.9 Å². The lowest BCUT2D eigenvalue weighted by Gasteiger charge is -2.08. The fourth-order valence-electron chi connectivity index (χ4n) is 1.35. The fraction of sp³-hybridized carbons (Fsp3) is 0.556. The summed E-state index contributed by atoms with van der Waals surface area (Å²) in [5.74, 6) is -0.949. The summed E-state index contributed by atoms with van der Waals surface area (Å²) in [5.41, 5.74) is 0.101. The first-order valence-corrected chi connectivity index (χ1v) is 4.87. The molecule has 16 heavy (non-hydrogen) atoms. The second-order valence-corrected chi connectivity index (χ2v) is 3.38. The van der Waals surface area contributed by atoms with Gasteiger partial charge in [-0.05, 0) is 25.7 Å². The minimum atomic E-state index is -0.622. The van der Waals surface area contributed by atoms with Crippen molar-refractivity contribution < 1.29 is 14.5 Å². The van der Waals surface area contributed by atoms with Gasteiger partial charge in [0.1, 0.15) is 0 Å². The smallest absolute Gasteiger partial charge is 0.435 e. The minimum absolute atomic E-state index is 0.101. The predicted octanol–water partition coefficient (Wildman–Crippen LogP) is 1.55. The average molecular weight is 227 g/mol. The van der Waals surface area contributed by atoms with Crippen molar-refractivity contribution in [2.45, 2.75) is 26.8 Å². The number of carbonyl (C=O) groups is 1. The molecule has 7 nitrogen and oxygen atoms in total. The lowest BCUT2D eigenvalue weighted by atomic mass is 10.3. The molecule has 0 aliphatic rings. The van der Waals surface area contributed by atoms with Gasteiger partial charge in [-0.1, -0.05) is 4.98 Å². The van der Waals surface area contributed by atoms with E-state index in [2.05, 4.69) is 4.98 Å². The Hall–Kier alpha value is -1.92. The van der Waals surface area contributed by atoms with Crippen LogP contribution < -0.4 is 0 Å². The van der Waals surface area contributed by atoms with Gasteiger partial charge in [-0.15, -0.1) is 0 Å². The Labute approximate surface area is 92.2 Å². The number of nitrogens with zero attached hydrogens (tertiary/aromatic N) is 3. The summed E-state index contributed by atoms with van der Waals surface area (Å²) in [6, 6.07) is -0.234. The molecule has 0 saturated carbocycles. The third-order valence-electron chi connectivity index (χ3n) is 1.94. The molecule has 0 aliphatic heterocycles. The molecule has 0 amide bonds. The molecule has 0 unspecified atom stereocenters. The van der Waals surface area contributed by atoms with Crippen LogP contribution in [0.25, 0.3) is 0 Å². The summed E-state index contributed by atoms with van der Waals surface area (Å²) >= 11 is 0. The van der Waals surface area contributed by atoms with E-state index in [0.29, 0.717) is 0 Å². The van der Waals surface area contributed by atoms with Crippen LogP contribution in [0.2, 0.25) is 0 Å². The monoisotopic (exact) mass is 227 g/mol. The number of rotatable bonds is 4. The van der Waals surface area contributed by atoms with Gasteiger partial charge in [0.25, 0.3) is 0 Å². The molecule has 7 heteroatoms. The van der Waals surface area contributed by atoms with Crippen LogP contribution in [0, 0.1) is 10.1 Å². The Morgan fingerprint density at radius 3 is 2.75 bits per heavy atom. The van der Waals surface area contributed by atoms with E-state index in [1.165, 1.54) is 4.57 Å². The third kappa shape index (κ3) is 2.18. The molecule has 0 atom stereocenters. The summed E-state index contributed by atoms with van der Waals surface area (Å²) < 4.78 is 6.04. The van der Waals surface area contributed by atoms with E-state index >= 15 is 0 Å². The molecule has 1 rings (SSSR count). The largest absolute Gasteiger partial charge is 0.460 e. The standard InChI is InChI=1S/C9H13N3O4/c1-4-16-8(13)7-5-10-9(12(14)15)11(7)6(2)3/h5-6H,4H2,1-3H3. The first-order chi connectivity index (χ1) is 7.49. The number of hydrogen-bond donors (Lipinski definition) is 0. The number of nitro groups is 1. The maximum absolute atomic E-state index is 11.5. The Morgan fingerprint density at radius 1 is 1.69 bits per heavy atom. The maximum Gasteiger partial charge on any atom is 0.435 e. The topological polar surface area (TPSA) is 87.3 Å². The predicted molar refractivity (Wildman–Crippen MR) is 55.2 cm³/mol. The zero-order valence-electron chi connectivity index (χ0n) is 9.34. The molecular formula is C9H13N3O4. The van der Waals surface area contributed by atoms with E-state index in [0.717, 1.165) is 6.20 Å². The van der Waals surface area contributed by atoms with Gasteiger partial charge in [0, 0.05) is 0 Å². The first-order valence-electron chi connectivity index (χ1n) is 4.87. The van der Waals surface area contributed by atoms with E-state index in [4.69, 9.17) is 4.74 Å². The normalized spacial score (nSPS) is 10.5. The maximum atomic E-state index is 11.5. The molecule has 0 aromatic carbocycles. The summed E-state index contributed by atoms with van der Waals surface area (Å²) in [5, 5.41) is 10.7. The van der Waals surface area contributed by atoms with Gasteiger partial charge in [-0.2, -0.15) is 0 Å². The Kier molecular flexibility index (Phi) is 3.60. The van der Waals surface area contributed by atoms with Gasteiger partial charge in [0.15, 0.2) is 6.20 Å². The van der Waals surface area contributed by atoms with Crippen molar-refractivity contribution in [1.82, 2.24) is 9.55 Å². The number of imidazole rings is 1. The van der Waals surface area contributed by atoms with Crippen LogP contribution >= 0.6 is 0 Å². The van der Waals surface area contributed by atoms with Crippen LogP contribution in [0.4, 0.5) is 5.95 Å². The van der Waals surface area contributed by atoms with Gasteiger partial charge < -0.3 is 14.9 Å². The molecule has 0 N–H and O–H groups in total. The lowest BCUT2D eigenvalue weighted by molar-refractivity contribution is -0.397. The summed E-state index contributed by atoms with van der Waals surface area (Å²) in [7, 11) is 0. The van der Waals surface area contributed by atoms with Crippen molar-refractivity contribution in [3.63, 3.8) is 0 Å². The van der Waals surface area contributed by atoms with Crippen LogP contribution in [0.1, 0.15) is 37.3 Å². The zero-order valence-corrected chi connectivity index (χ0v) is 9.34. The number of carbonyl (C=O) groups excluding carboxylic acids is 1. The van der Waals surface area contributed by atoms with Crippen LogP contribution in [0.15, 0.2) is 6.20 Å². The highest BCUT2D eigenvalue weighted by Crippen LogP contribution is 2.20. The van der Waals surface area contributed by atoms with Gasteiger partial charge in [0.2, 0.25) is 5.69 Å². The molecule has 1 aromatic heterocycles. The molecule has 88 valence electrons. The van der Waals surface area contributed by atoms with Crippen molar-refractivity contribution in [2.75, 3.05) is 6.61 Å². The van der Waals surface area contributed by atoms with E-state index in [1.54, 1.807) is 20.8 Å². The highest BCUT2D eigenvalue weighted by molar-refractivity contribution is 5.87. The second kappa shape index (κ2) is 4.73. The quantitative estimate of drug-likeness (QED) is 0.442. The summed E-state index contributed by atoms with van der Waals surface area (Å²) in [6.45, 7) is 5.35. The molecular weight excluding hydrogens is 214 g/mol. The van der Waals surface area contributed by atoms with Crippen LogP contribution in [-0.2, 0) is 4.74 Å². The van der Waals surface area contributed by atoms with Crippen LogP contribution in [-0.4, -0.2) is 27.1 Å². The number of aromatic nitrogens is 2. The molecule has 0 aliphatic carbocycles. The summed E-state index contributed by atoms with van der Waals surface area (Å²) in [4.78, 5) is 25.2. The molecule has 1 heterocycles. The van der Waals surface area contributed by atoms with Crippen molar-refractivity contribution in [2.24, 2.45) is 0 Å². The molecule has 0 bridgehead atoms. The van der Waals surface area contributed by atoms with Crippen molar-refractivity contribution in [3.8, 4) is 0 Å². The number of esters is 1. The Balaban J connectivity index is 3.20. The van der Waals surface area contributed by atoms with Gasteiger partial charge in [-0.3, -0.25) is 0 Å². The Bertz CT molecular complexity index is 411. The van der Waals surface area contributed by atoms with Crippen molar-refractivity contribution >= 4 is 11.9 Å². The number of hydrogen-bond acceptors (Lipinski definition) is 5. The highest BCUT2D eigenvalue weighted by atomic mass is 16.6. The average Bonchev–Trinajstić information content (AvgIpc) is 2.61. The van der Waals surface area contributed by atoms with Gasteiger partial charge >= 0.3 is 11.9 Å². The van der Waals surface area contributed by atoms with Crippen LogP contribution in [0.3, 0.4) is 0 Å². The second-order valence-electron chi connectivity index (χ2n) is 3.38. The summed E-state index contributed by atoms with van der Waals surface area (Å²) in [6.07, 6.45) is 1.16. The van der Waals surface area contributed by atoms with Gasteiger partial charge in [0.05, 0.1) is 12.6 Å². The Morgan fingerprint density at radius 2 is 2.31 bits per heavy atom. The van der Waals surface area contributed by atoms with Crippen molar-refractivity contribution in [3.05, 3.63) is 22.0 Å². The van der Waals surface area contributed by atoms with Crippen LogP contribution in [0.5, 0.6) is 0 Å². The zero-order chi connectivity index (χ0) is 12.3. The van der Waals surface area contributed by atoms with Crippen molar-refractivity contribution in [1.29, 1.82) is 0 Å². The molecule has 0 spiro atoms. The SMILES string of the molecule is CCOC(=O)c1cnc([N+](=O)[O-])n1C(C)C.